The van der Waals surface area contributed by atoms with Gasteiger partial charge in [0.2, 0.25) is 0 Å². The summed E-state index contributed by atoms with van der Waals surface area (Å²) >= 11 is 0. The van der Waals surface area contributed by atoms with Crippen molar-refractivity contribution in [1.82, 2.24) is 24.7 Å². The van der Waals surface area contributed by atoms with Gasteiger partial charge in [0.05, 0.1) is 12.1 Å². The first-order valence-corrected chi connectivity index (χ1v) is 11.5. The Labute approximate surface area is 191 Å². The van der Waals surface area contributed by atoms with Crippen molar-refractivity contribution in [3.8, 4) is 0 Å². The lowest BCUT2D eigenvalue weighted by molar-refractivity contribution is 0.120. The summed E-state index contributed by atoms with van der Waals surface area (Å²) in [5, 5.41) is 4.63. The molecule has 0 atom stereocenters. The predicted octanol–water partition coefficient (Wildman–Crippen LogP) is 2.89. The normalized spacial score (nSPS) is 15.5. The van der Waals surface area contributed by atoms with Gasteiger partial charge in [0, 0.05) is 50.3 Å². The molecule has 0 unspecified atom stereocenters. The highest BCUT2D eigenvalue weighted by Crippen LogP contribution is 2.21. The summed E-state index contributed by atoms with van der Waals surface area (Å²) in [7, 11) is 4.21. The van der Waals surface area contributed by atoms with Crippen LogP contribution in [0.2, 0.25) is 0 Å². The van der Waals surface area contributed by atoms with Gasteiger partial charge in [-0.25, -0.2) is 9.97 Å². The Kier molecular flexibility index (Phi) is 7.52. The minimum absolute atomic E-state index is 0.776. The van der Waals surface area contributed by atoms with Crippen LogP contribution in [0.15, 0.2) is 48.5 Å². The molecule has 7 heteroatoms. The average molecular weight is 434 g/mol. The van der Waals surface area contributed by atoms with E-state index in [1.165, 1.54) is 5.56 Å². The molecule has 1 aliphatic heterocycles. The lowest BCUT2D eigenvalue weighted by Crippen LogP contribution is -2.45. The van der Waals surface area contributed by atoms with Gasteiger partial charge in [0.15, 0.2) is 0 Å². The summed E-state index contributed by atoms with van der Waals surface area (Å²) in [5.41, 5.74) is 9.22. The maximum Gasteiger partial charge on any atom is 0.145 e. The third kappa shape index (κ3) is 5.94. The molecule has 1 aromatic heterocycles. The number of aromatic nitrogens is 2. The van der Waals surface area contributed by atoms with Crippen LogP contribution in [0.25, 0.3) is 10.9 Å². The Balaban J connectivity index is 1.37. The number of nitrogens with zero attached hydrogens (tertiary/aromatic N) is 5. The number of para-hydroxylation sites is 2. The van der Waals surface area contributed by atoms with Crippen LogP contribution in [0.5, 0.6) is 0 Å². The SMILES string of the molecule is CN(C)CCCNc1nc(CN2CCN(Cc3ccccc3N)CC2)nc2ccccc12. The number of hydrogen-bond donors (Lipinski definition) is 2. The molecule has 0 amide bonds. The van der Waals surface area contributed by atoms with Crippen molar-refractivity contribution in [1.29, 1.82) is 0 Å². The summed E-state index contributed by atoms with van der Waals surface area (Å²) in [6, 6.07) is 16.4. The Morgan fingerprint density at radius 3 is 2.34 bits per heavy atom. The zero-order valence-electron chi connectivity index (χ0n) is 19.3. The highest BCUT2D eigenvalue weighted by molar-refractivity contribution is 5.88. The quantitative estimate of drug-likeness (QED) is 0.397. The molecule has 32 heavy (non-hydrogen) atoms. The van der Waals surface area contributed by atoms with E-state index in [9.17, 15) is 0 Å². The van der Waals surface area contributed by atoms with E-state index in [-0.39, 0.29) is 0 Å². The van der Waals surface area contributed by atoms with Crippen LogP contribution in [0.3, 0.4) is 0 Å². The van der Waals surface area contributed by atoms with Crippen LogP contribution in [0.1, 0.15) is 17.8 Å². The molecule has 3 N–H and O–H groups in total. The van der Waals surface area contributed by atoms with E-state index in [1.54, 1.807) is 0 Å². The molecule has 0 saturated carbocycles. The van der Waals surface area contributed by atoms with E-state index in [0.717, 1.165) is 87.0 Å². The number of benzene rings is 2. The fourth-order valence-electron chi connectivity index (χ4n) is 4.16. The van der Waals surface area contributed by atoms with Crippen molar-refractivity contribution in [2.24, 2.45) is 0 Å². The first kappa shape index (κ1) is 22.5. The van der Waals surface area contributed by atoms with E-state index in [4.69, 9.17) is 15.7 Å². The molecule has 4 rings (SSSR count). The fraction of sp³-hybridized carbons (Fsp3) is 0.440. The number of piperazine rings is 1. The maximum atomic E-state index is 6.12. The van der Waals surface area contributed by atoms with Gasteiger partial charge in [-0.05, 0) is 50.8 Å². The predicted molar refractivity (Wildman–Crippen MR) is 133 cm³/mol. The second-order valence-electron chi connectivity index (χ2n) is 8.84. The lowest BCUT2D eigenvalue weighted by atomic mass is 10.1. The highest BCUT2D eigenvalue weighted by atomic mass is 15.3. The van der Waals surface area contributed by atoms with Gasteiger partial charge >= 0.3 is 0 Å². The van der Waals surface area contributed by atoms with Crippen LogP contribution in [0, 0.1) is 0 Å². The third-order valence-electron chi connectivity index (χ3n) is 6.00. The van der Waals surface area contributed by atoms with Crippen LogP contribution in [-0.4, -0.2) is 78.0 Å². The summed E-state index contributed by atoms with van der Waals surface area (Å²) in [5.74, 6) is 1.84. The average Bonchev–Trinajstić information content (AvgIpc) is 2.79. The van der Waals surface area contributed by atoms with Crippen LogP contribution in [0.4, 0.5) is 11.5 Å². The van der Waals surface area contributed by atoms with E-state index in [1.807, 2.05) is 18.2 Å². The molecular weight excluding hydrogens is 398 g/mol. The Bertz CT molecular complexity index is 1010. The standard InChI is InChI=1S/C25H35N7/c1-30(2)13-7-12-27-25-21-9-4-6-11-23(21)28-24(29-25)19-32-16-14-31(15-17-32)18-20-8-3-5-10-22(20)26/h3-6,8-11H,7,12-19,26H2,1-2H3,(H,27,28,29). The second-order valence-corrected chi connectivity index (χ2v) is 8.84. The molecule has 7 nitrogen and oxygen atoms in total. The first-order chi connectivity index (χ1) is 15.6. The first-order valence-electron chi connectivity index (χ1n) is 11.5. The van der Waals surface area contributed by atoms with E-state index >= 15 is 0 Å². The number of nitrogen functional groups attached to an aromatic ring is 1. The largest absolute Gasteiger partial charge is 0.398 e. The molecule has 1 saturated heterocycles. The number of rotatable bonds is 9. The summed E-state index contributed by atoms with van der Waals surface area (Å²) in [4.78, 5) is 16.9. The molecule has 2 heterocycles. The van der Waals surface area contributed by atoms with Crippen LogP contribution < -0.4 is 11.1 Å². The van der Waals surface area contributed by atoms with Gasteiger partial charge in [-0.15, -0.1) is 0 Å². The minimum atomic E-state index is 0.776. The smallest absolute Gasteiger partial charge is 0.145 e. The fourth-order valence-corrected chi connectivity index (χ4v) is 4.16. The van der Waals surface area contributed by atoms with Crippen LogP contribution in [-0.2, 0) is 13.1 Å². The molecule has 2 aromatic carbocycles. The summed E-state index contributed by atoms with van der Waals surface area (Å²) in [6.45, 7) is 7.71. The number of nitrogens with two attached hydrogens (primary N) is 1. The Morgan fingerprint density at radius 1 is 0.906 bits per heavy atom. The zero-order chi connectivity index (χ0) is 22.3. The van der Waals surface area contributed by atoms with Crippen molar-refractivity contribution >= 4 is 22.4 Å². The Hall–Kier alpha value is -2.74. The molecule has 3 aromatic rings. The Morgan fingerprint density at radius 2 is 1.59 bits per heavy atom. The monoisotopic (exact) mass is 433 g/mol. The van der Waals surface area contributed by atoms with E-state index in [0.29, 0.717) is 0 Å². The molecular formula is C25H35N7. The number of nitrogens with one attached hydrogen (secondary N) is 1. The zero-order valence-corrected chi connectivity index (χ0v) is 19.3. The van der Waals surface area contributed by atoms with Gasteiger partial charge in [-0.3, -0.25) is 9.80 Å². The highest BCUT2D eigenvalue weighted by Gasteiger charge is 2.19. The number of hydrogen-bond acceptors (Lipinski definition) is 7. The topological polar surface area (TPSA) is 73.5 Å². The van der Waals surface area contributed by atoms with Gasteiger partial charge in [-0.1, -0.05) is 30.3 Å². The number of fused-ring (bicyclic) bond motifs is 1. The molecule has 0 radical (unpaired) electrons. The molecule has 0 spiro atoms. The second kappa shape index (κ2) is 10.7. The van der Waals surface area contributed by atoms with Crippen LogP contribution >= 0.6 is 0 Å². The maximum absolute atomic E-state index is 6.12. The molecule has 0 aliphatic carbocycles. The number of anilines is 2. The van der Waals surface area contributed by atoms with E-state index in [2.05, 4.69) is 64.4 Å². The minimum Gasteiger partial charge on any atom is -0.398 e. The van der Waals surface area contributed by atoms with Gasteiger partial charge in [0.25, 0.3) is 0 Å². The van der Waals surface area contributed by atoms with E-state index < -0.39 is 0 Å². The van der Waals surface area contributed by atoms with Gasteiger partial charge in [0.1, 0.15) is 11.6 Å². The molecule has 1 aliphatic rings. The lowest BCUT2D eigenvalue weighted by Gasteiger charge is -2.34. The molecule has 1 fully saturated rings. The van der Waals surface area contributed by atoms with Crippen molar-refractivity contribution in [3.05, 3.63) is 59.9 Å². The van der Waals surface area contributed by atoms with Gasteiger partial charge in [-0.2, -0.15) is 0 Å². The van der Waals surface area contributed by atoms with Crippen molar-refractivity contribution < 1.29 is 0 Å². The van der Waals surface area contributed by atoms with Crippen molar-refractivity contribution in [2.45, 2.75) is 19.5 Å². The molecule has 0 bridgehead atoms. The summed E-state index contributed by atoms with van der Waals surface area (Å²) in [6.07, 6.45) is 1.08. The molecule has 170 valence electrons. The third-order valence-corrected chi connectivity index (χ3v) is 6.00. The summed E-state index contributed by atoms with van der Waals surface area (Å²) < 4.78 is 0. The van der Waals surface area contributed by atoms with Crippen molar-refractivity contribution in [2.75, 3.05) is 64.4 Å². The van der Waals surface area contributed by atoms with Crippen molar-refractivity contribution in [3.63, 3.8) is 0 Å². The van der Waals surface area contributed by atoms with Gasteiger partial charge < -0.3 is 16.0 Å².